The number of urea groups is 1. The molecule has 1 unspecified atom stereocenters. The van der Waals surface area contributed by atoms with Crippen molar-refractivity contribution < 1.29 is 4.79 Å². The zero-order valence-electron chi connectivity index (χ0n) is 18.5. The first-order valence-corrected chi connectivity index (χ1v) is 11.6. The van der Waals surface area contributed by atoms with Gasteiger partial charge in [0, 0.05) is 38.4 Å². The molecule has 1 aromatic heterocycles. The third-order valence-electron chi connectivity index (χ3n) is 6.08. The van der Waals surface area contributed by atoms with Crippen molar-refractivity contribution in [1.29, 1.82) is 0 Å². The molecule has 1 atom stereocenters. The highest BCUT2D eigenvalue weighted by Gasteiger charge is 2.17. The molecule has 1 aromatic carbocycles. The number of hydrogen-bond acceptors (Lipinski definition) is 6. The average Bonchev–Trinajstić information content (AvgIpc) is 3.09. The molecule has 3 heterocycles. The summed E-state index contributed by atoms with van der Waals surface area (Å²) in [5.74, 6) is 0.270. The minimum absolute atomic E-state index is 0.228. The second-order valence-electron chi connectivity index (χ2n) is 8.38. The summed E-state index contributed by atoms with van der Waals surface area (Å²) in [6.45, 7) is 5.99. The first-order chi connectivity index (χ1) is 15.7. The Morgan fingerprint density at radius 1 is 1.03 bits per heavy atom. The van der Waals surface area contributed by atoms with Gasteiger partial charge in [0.1, 0.15) is 5.82 Å². The minimum Gasteiger partial charge on any atom is -0.322 e. The second-order valence-corrected chi connectivity index (χ2v) is 8.38. The molecule has 9 nitrogen and oxygen atoms in total. The monoisotopic (exact) mass is 439 g/mol. The van der Waals surface area contributed by atoms with E-state index in [4.69, 9.17) is 0 Å². The molecule has 4 N–H and O–H groups in total. The molecule has 0 aliphatic carbocycles. The van der Waals surface area contributed by atoms with E-state index in [0.717, 1.165) is 44.8 Å². The quantitative estimate of drug-likeness (QED) is 0.534. The predicted molar refractivity (Wildman–Crippen MR) is 126 cm³/mol. The zero-order chi connectivity index (χ0) is 22.2. The highest BCUT2D eigenvalue weighted by molar-refractivity contribution is 5.88. The maximum absolute atomic E-state index is 12.5. The maximum Gasteiger partial charge on any atom is 0.354 e. The van der Waals surface area contributed by atoms with E-state index in [1.807, 2.05) is 12.1 Å². The molecule has 2 amide bonds. The molecule has 0 saturated carbocycles. The number of piperazine rings is 1. The standard InChI is InChI=1S/C23H33N7O2/c31-22(29-16-13-25-14-17-29)27-21-9-15-30(23(32)28-21)20-5-3-18(4-6-20)7-12-26-19-2-1-10-24-11-8-19/h3-6,9,15,19,24-26H,1-2,7-8,10-14,16-17H2,(H,27,28,31,32). The van der Waals surface area contributed by atoms with Gasteiger partial charge in [0.25, 0.3) is 0 Å². The van der Waals surface area contributed by atoms with Crippen LogP contribution < -0.4 is 27.0 Å². The molecule has 2 saturated heterocycles. The summed E-state index contributed by atoms with van der Waals surface area (Å²) in [6.07, 6.45) is 6.25. The van der Waals surface area contributed by atoms with Crippen molar-refractivity contribution in [3.63, 3.8) is 0 Å². The number of benzene rings is 1. The normalized spacial score (nSPS) is 19.4. The van der Waals surface area contributed by atoms with Gasteiger partial charge < -0.3 is 20.9 Å². The van der Waals surface area contributed by atoms with E-state index in [0.29, 0.717) is 19.1 Å². The number of hydrogen-bond donors (Lipinski definition) is 4. The summed E-state index contributed by atoms with van der Waals surface area (Å²) < 4.78 is 1.49. The van der Waals surface area contributed by atoms with E-state index in [2.05, 4.69) is 38.4 Å². The minimum atomic E-state index is -0.417. The van der Waals surface area contributed by atoms with Crippen LogP contribution in [0.5, 0.6) is 0 Å². The lowest BCUT2D eigenvalue weighted by atomic mass is 10.1. The summed E-state index contributed by atoms with van der Waals surface area (Å²) in [5.41, 5.74) is 1.57. The Morgan fingerprint density at radius 2 is 1.81 bits per heavy atom. The lowest BCUT2D eigenvalue weighted by molar-refractivity contribution is 0.204. The number of anilines is 1. The van der Waals surface area contributed by atoms with Crippen molar-refractivity contribution in [1.82, 2.24) is 30.4 Å². The van der Waals surface area contributed by atoms with Gasteiger partial charge in [-0.25, -0.2) is 9.59 Å². The van der Waals surface area contributed by atoms with E-state index in [-0.39, 0.29) is 11.8 Å². The van der Waals surface area contributed by atoms with Crippen LogP contribution in [0.25, 0.3) is 5.69 Å². The smallest absolute Gasteiger partial charge is 0.322 e. The van der Waals surface area contributed by atoms with E-state index in [9.17, 15) is 9.59 Å². The Labute approximate surface area is 188 Å². The molecule has 4 rings (SSSR count). The Kier molecular flexibility index (Phi) is 7.87. The molecule has 32 heavy (non-hydrogen) atoms. The SMILES string of the molecule is O=C(Nc1ccn(-c2ccc(CCNC3CCCNCC3)cc2)c(=O)n1)N1CCNCC1. The summed E-state index contributed by atoms with van der Waals surface area (Å²) in [6, 6.07) is 10.0. The third kappa shape index (κ3) is 6.15. The second kappa shape index (κ2) is 11.2. The van der Waals surface area contributed by atoms with Crippen LogP contribution >= 0.6 is 0 Å². The molecule has 0 radical (unpaired) electrons. The highest BCUT2D eigenvalue weighted by atomic mass is 16.2. The van der Waals surface area contributed by atoms with Gasteiger partial charge in [-0.05, 0) is 69.1 Å². The highest BCUT2D eigenvalue weighted by Crippen LogP contribution is 2.11. The van der Waals surface area contributed by atoms with Crippen LogP contribution in [0.3, 0.4) is 0 Å². The van der Waals surface area contributed by atoms with Gasteiger partial charge in [-0.3, -0.25) is 9.88 Å². The van der Waals surface area contributed by atoms with E-state index in [1.165, 1.54) is 29.4 Å². The van der Waals surface area contributed by atoms with Crippen LogP contribution in [0, 0.1) is 0 Å². The number of carbonyl (C=O) groups excluding carboxylic acids is 1. The molecule has 2 aromatic rings. The topological polar surface area (TPSA) is 103 Å². The van der Waals surface area contributed by atoms with Crippen LogP contribution in [-0.2, 0) is 6.42 Å². The Morgan fingerprint density at radius 3 is 2.59 bits per heavy atom. The molecular formula is C23H33N7O2. The Bertz CT molecular complexity index is 930. The molecule has 172 valence electrons. The number of nitrogens with one attached hydrogen (secondary N) is 4. The van der Waals surface area contributed by atoms with Crippen molar-refractivity contribution in [2.24, 2.45) is 0 Å². The van der Waals surface area contributed by atoms with Gasteiger partial charge in [-0.2, -0.15) is 4.98 Å². The molecular weight excluding hydrogens is 406 g/mol. The number of amides is 2. The van der Waals surface area contributed by atoms with Gasteiger partial charge in [-0.1, -0.05) is 12.1 Å². The van der Waals surface area contributed by atoms with Crippen LogP contribution in [0.1, 0.15) is 24.8 Å². The predicted octanol–water partition coefficient (Wildman–Crippen LogP) is 0.944. The van der Waals surface area contributed by atoms with Gasteiger partial charge in [0.2, 0.25) is 0 Å². The molecule has 0 spiro atoms. The van der Waals surface area contributed by atoms with E-state index >= 15 is 0 Å². The van der Waals surface area contributed by atoms with Crippen molar-refractivity contribution >= 4 is 11.8 Å². The lowest BCUT2D eigenvalue weighted by Gasteiger charge is -2.27. The van der Waals surface area contributed by atoms with Gasteiger partial charge in [0.15, 0.2) is 0 Å². The molecule has 0 bridgehead atoms. The maximum atomic E-state index is 12.5. The van der Waals surface area contributed by atoms with Crippen LogP contribution in [0.2, 0.25) is 0 Å². The summed E-state index contributed by atoms with van der Waals surface area (Å²) >= 11 is 0. The number of nitrogens with zero attached hydrogens (tertiary/aromatic N) is 3. The molecule has 9 heteroatoms. The van der Waals surface area contributed by atoms with Crippen molar-refractivity contribution in [3.05, 3.63) is 52.6 Å². The lowest BCUT2D eigenvalue weighted by Crippen LogP contribution is -2.48. The molecule has 2 aliphatic heterocycles. The molecule has 2 aliphatic rings. The Balaban J connectivity index is 1.31. The first kappa shape index (κ1) is 22.4. The van der Waals surface area contributed by atoms with Crippen molar-refractivity contribution in [2.45, 2.75) is 31.7 Å². The number of carbonyl (C=O) groups is 1. The average molecular weight is 440 g/mol. The van der Waals surface area contributed by atoms with Gasteiger partial charge in [-0.15, -0.1) is 0 Å². The molecule has 2 fully saturated rings. The number of aromatic nitrogens is 2. The summed E-state index contributed by atoms with van der Waals surface area (Å²) in [5, 5.41) is 13.0. The fourth-order valence-corrected chi connectivity index (χ4v) is 4.19. The van der Waals surface area contributed by atoms with Gasteiger partial charge >= 0.3 is 11.7 Å². The van der Waals surface area contributed by atoms with Gasteiger partial charge in [0.05, 0.1) is 5.69 Å². The van der Waals surface area contributed by atoms with Crippen LogP contribution in [0.4, 0.5) is 10.6 Å². The first-order valence-electron chi connectivity index (χ1n) is 11.6. The van der Waals surface area contributed by atoms with Crippen molar-refractivity contribution in [3.8, 4) is 5.69 Å². The summed E-state index contributed by atoms with van der Waals surface area (Å²) in [7, 11) is 0. The largest absolute Gasteiger partial charge is 0.354 e. The van der Waals surface area contributed by atoms with Crippen LogP contribution in [-0.4, -0.2) is 72.3 Å². The third-order valence-corrected chi connectivity index (χ3v) is 6.08. The fraction of sp³-hybridized carbons (Fsp3) is 0.522. The van der Waals surface area contributed by atoms with Crippen molar-refractivity contribution in [2.75, 3.05) is 51.1 Å². The van der Waals surface area contributed by atoms with Crippen LogP contribution in [0.15, 0.2) is 41.3 Å². The Hall–Kier alpha value is -2.75. The zero-order valence-corrected chi connectivity index (χ0v) is 18.5. The van der Waals surface area contributed by atoms with E-state index < -0.39 is 5.69 Å². The number of rotatable bonds is 6. The summed E-state index contributed by atoms with van der Waals surface area (Å²) in [4.78, 5) is 30.6. The van der Waals surface area contributed by atoms with E-state index in [1.54, 1.807) is 17.2 Å². The fourth-order valence-electron chi connectivity index (χ4n) is 4.19.